The van der Waals surface area contributed by atoms with Gasteiger partial charge >= 0.3 is 5.97 Å². The number of esters is 1. The van der Waals surface area contributed by atoms with E-state index in [1.165, 1.54) is 7.11 Å². The van der Waals surface area contributed by atoms with Crippen molar-refractivity contribution in [2.45, 2.75) is 39.5 Å². The third-order valence-corrected chi connectivity index (χ3v) is 3.08. The van der Waals surface area contributed by atoms with Crippen molar-refractivity contribution in [3.8, 4) is 0 Å². The van der Waals surface area contributed by atoms with E-state index >= 15 is 0 Å². The molecule has 0 spiro atoms. The average Bonchev–Trinajstić information content (AvgIpc) is 2.44. The zero-order valence-electron chi connectivity index (χ0n) is 12.8. The number of benzene rings is 1. The Balaban J connectivity index is 2.55. The highest BCUT2D eigenvalue weighted by Gasteiger charge is 2.19. The molecule has 4 nitrogen and oxygen atoms in total. The molecule has 0 aliphatic carbocycles. The first-order chi connectivity index (χ1) is 9.56. The van der Waals surface area contributed by atoms with Crippen molar-refractivity contribution in [3.63, 3.8) is 0 Å². The Bertz CT molecular complexity index is 401. The van der Waals surface area contributed by atoms with Gasteiger partial charge < -0.3 is 14.8 Å². The van der Waals surface area contributed by atoms with Gasteiger partial charge in [-0.05, 0) is 23.5 Å². The molecule has 112 valence electrons. The summed E-state index contributed by atoms with van der Waals surface area (Å²) in [6.07, 6.45) is 0.772. The predicted octanol–water partition coefficient (Wildman–Crippen LogP) is 2.51. The minimum Gasteiger partial charge on any atom is -0.468 e. The largest absolute Gasteiger partial charge is 0.468 e. The van der Waals surface area contributed by atoms with Crippen molar-refractivity contribution >= 4 is 5.97 Å². The van der Waals surface area contributed by atoms with Crippen molar-refractivity contribution in [2.75, 3.05) is 14.2 Å². The fourth-order valence-corrected chi connectivity index (χ4v) is 2.04. The summed E-state index contributed by atoms with van der Waals surface area (Å²) in [7, 11) is 3.11. The van der Waals surface area contributed by atoms with E-state index in [-0.39, 0.29) is 12.0 Å². The minimum absolute atomic E-state index is 0.199. The number of nitrogens with one attached hydrogen (secondary N) is 1. The second kappa shape index (κ2) is 8.72. The zero-order valence-corrected chi connectivity index (χ0v) is 12.8. The van der Waals surface area contributed by atoms with Crippen LogP contribution in [0.4, 0.5) is 0 Å². The lowest BCUT2D eigenvalue weighted by Gasteiger charge is -2.18. The van der Waals surface area contributed by atoms with Gasteiger partial charge in [-0.2, -0.15) is 0 Å². The van der Waals surface area contributed by atoms with Crippen LogP contribution in [0.15, 0.2) is 24.3 Å². The van der Waals surface area contributed by atoms with Gasteiger partial charge in [0.15, 0.2) is 0 Å². The Morgan fingerprint density at radius 1 is 1.15 bits per heavy atom. The number of carbonyl (C=O) groups is 1. The Hall–Kier alpha value is -1.39. The Kier molecular flexibility index (Phi) is 7.26. The smallest absolute Gasteiger partial charge is 0.322 e. The Morgan fingerprint density at radius 3 is 2.25 bits per heavy atom. The second-order valence-electron chi connectivity index (χ2n) is 5.34. The molecule has 0 aliphatic rings. The summed E-state index contributed by atoms with van der Waals surface area (Å²) in [4.78, 5) is 11.7. The number of carbonyl (C=O) groups excluding carboxylic acids is 1. The number of ether oxygens (including phenoxy) is 2. The van der Waals surface area contributed by atoms with Crippen LogP contribution in [0, 0.1) is 5.92 Å². The van der Waals surface area contributed by atoms with Crippen molar-refractivity contribution in [1.82, 2.24) is 5.32 Å². The van der Waals surface area contributed by atoms with Gasteiger partial charge in [0.2, 0.25) is 0 Å². The third kappa shape index (κ3) is 5.72. The standard InChI is InChI=1S/C16H25NO3/c1-12(2)9-15(16(18)20-4)17-10-13-5-7-14(8-6-13)11-19-3/h5-8,12,15,17H,9-11H2,1-4H3. The predicted molar refractivity (Wildman–Crippen MR) is 79.3 cm³/mol. The first-order valence-electron chi connectivity index (χ1n) is 6.94. The summed E-state index contributed by atoms with van der Waals surface area (Å²) in [6.45, 7) is 5.46. The van der Waals surface area contributed by atoms with Crippen LogP contribution in [0.2, 0.25) is 0 Å². The van der Waals surface area contributed by atoms with Crippen LogP contribution in [0.3, 0.4) is 0 Å². The second-order valence-corrected chi connectivity index (χ2v) is 5.34. The molecule has 0 heterocycles. The molecule has 1 N–H and O–H groups in total. The molecule has 0 aliphatic heterocycles. The number of rotatable bonds is 8. The normalized spacial score (nSPS) is 12.4. The van der Waals surface area contributed by atoms with Gasteiger partial charge in [0.05, 0.1) is 13.7 Å². The zero-order chi connectivity index (χ0) is 15.0. The molecule has 0 amide bonds. The molecule has 0 fully saturated rings. The molecule has 1 unspecified atom stereocenters. The van der Waals surface area contributed by atoms with Crippen LogP contribution in [0.1, 0.15) is 31.4 Å². The van der Waals surface area contributed by atoms with E-state index in [9.17, 15) is 4.79 Å². The van der Waals surface area contributed by atoms with E-state index < -0.39 is 0 Å². The lowest BCUT2D eigenvalue weighted by Crippen LogP contribution is -2.38. The van der Waals surface area contributed by atoms with Gasteiger partial charge in [0.25, 0.3) is 0 Å². The van der Waals surface area contributed by atoms with Gasteiger partial charge in [-0.1, -0.05) is 38.1 Å². The molecule has 1 atom stereocenters. The summed E-state index contributed by atoms with van der Waals surface area (Å²) in [5.74, 6) is 0.241. The topological polar surface area (TPSA) is 47.6 Å². The Morgan fingerprint density at radius 2 is 1.75 bits per heavy atom. The average molecular weight is 279 g/mol. The molecule has 0 bridgehead atoms. The molecule has 0 radical (unpaired) electrons. The van der Waals surface area contributed by atoms with Crippen LogP contribution in [-0.4, -0.2) is 26.2 Å². The fraction of sp³-hybridized carbons (Fsp3) is 0.562. The molecular formula is C16H25NO3. The summed E-state index contributed by atoms with van der Waals surface area (Å²) in [6, 6.07) is 7.92. The highest BCUT2D eigenvalue weighted by Crippen LogP contribution is 2.09. The molecular weight excluding hydrogens is 254 g/mol. The van der Waals surface area contributed by atoms with E-state index in [0.717, 1.165) is 17.5 Å². The monoisotopic (exact) mass is 279 g/mol. The van der Waals surface area contributed by atoms with Crippen LogP contribution in [0.25, 0.3) is 0 Å². The van der Waals surface area contributed by atoms with E-state index in [0.29, 0.717) is 19.1 Å². The molecule has 20 heavy (non-hydrogen) atoms. The van der Waals surface area contributed by atoms with Crippen LogP contribution < -0.4 is 5.32 Å². The van der Waals surface area contributed by atoms with Gasteiger partial charge in [-0.3, -0.25) is 4.79 Å². The first kappa shape index (κ1) is 16.7. The number of hydrogen-bond donors (Lipinski definition) is 1. The highest BCUT2D eigenvalue weighted by molar-refractivity contribution is 5.75. The van der Waals surface area contributed by atoms with Crippen molar-refractivity contribution in [1.29, 1.82) is 0 Å². The molecule has 0 saturated heterocycles. The summed E-state index contributed by atoms with van der Waals surface area (Å²) < 4.78 is 9.91. The van der Waals surface area contributed by atoms with Gasteiger partial charge in [0.1, 0.15) is 6.04 Å². The van der Waals surface area contributed by atoms with E-state index in [4.69, 9.17) is 9.47 Å². The van der Waals surface area contributed by atoms with Crippen LogP contribution in [0.5, 0.6) is 0 Å². The van der Waals surface area contributed by atoms with Gasteiger partial charge in [0, 0.05) is 13.7 Å². The molecule has 1 rings (SSSR count). The van der Waals surface area contributed by atoms with Crippen LogP contribution >= 0.6 is 0 Å². The molecule has 0 saturated carbocycles. The van der Waals surface area contributed by atoms with Crippen molar-refractivity contribution in [2.24, 2.45) is 5.92 Å². The van der Waals surface area contributed by atoms with E-state index in [1.54, 1.807) is 7.11 Å². The number of methoxy groups -OCH3 is 2. The van der Waals surface area contributed by atoms with Crippen molar-refractivity contribution in [3.05, 3.63) is 35.4 Å². The van der Waals surface area contributed by atoms with Gasteiger partial charge in [-0.25, -0.2) is 0 Å². The first-order valence-corrected chi connectivity index (χ1v) is 6.94. The maximum absolute atomic E-state index is 11.7. The molecule has 4 heteroatoms. The third-order valence-electron chi connectivity index (χ3n) is 3.08. The summed E-state index contributed by atoms with van der Waals surface area (Å²) in [5, 5.41) is 3.26. The summed E-state index contributed by atoms with van der Waals surface area (Å²) >= 11 is 0. The van der Waals surface area contributed by atoms with Crippen LogP contribution in [-0.2, 0) is 27.4 Å². The highest BCUT2D eigenvalue weighted by atomic mass is 16.5. The quantitative estimate of drug-likeness (QED) is 0.743. The lowest BCUT2D eigenvalue weighted by molar-refractivity contribution is -0.143. The van der Waals surface area contributed by atoms with E-state index in [2.05, 4.69) is 19.2 Å². The lowest BCUT2D eigenvalue weighted by atomic mass is 10.0. The maximum atomic E-state index is 11.7. The molecule has 1 aromatic rings. The van der Waals surface area contributed by atoms with Crippen molar-refractivity contribution < 1.29 is 14.3 Å². The summed E-state index contributed by atoms with van der Waals surface area (Å²) in [5.41, 5.74) is 2.28. The van der Waals surface area contributed by atoms with Gasteiger partial charge in [-0.15, -0.1) is 0 Å². The SMILES string of the molecule is COCc1ccc(CNC(CC(C)C)C(=O)OC)cc1. The molecule has 1 aromatic carbocycles. The maximum Gasteiger partial charge on any atom is 0.322 e. The van der Waals surface area contributed by atoms with E-state index in [1.807, 2.05) is 24.3 Å². The fourth-order valence-electron chi connectivity index (χ4n) is 2.04. The Labute approximate surface area is 121 Å². The molecule has 0 aromatic heterocycles. The number of hydrogen-bond acceptors (Lipinski definition) is 4. The minimum atomic E-state index is -0.251.